The molecule has 192 valence electrons. The Morgan fingerprint density at radius 2 is 1.67 bits per heavy atom. The van der Waals surface area contributed by atoms with Gasteiger partial charge in [0, 0.05) is 31.4 Å². The number of rotatable bonds is 11. The molecule has 2 aromatic rings. The van der Waals surface area contributed by atoms with Crippen molar-refractivity contribution in [1.29, 1.82) is 0 Å². The molecule has 0 aromatic heterocycles. The van der Waals surface area contributed by atoms with E-state index in [0.717, 1.165) is 12.1 Å². The lowest BCUT2D eigenvalue weighted by molar-refractivity contribution is -0.132. The van der Waals surface area contributed by atoms with Crippen LogP contribution in [0.5, 0.6) is 0 Å². The van der Waals surface area contributed by atoms with Gasteiger partial charge >= 0.3 is 0 Å². The van der Waals surface area contributed by atoms with Crippen molar-refractivity contribution in [3.05, 3.63) is 71.0 Å². The van der Waals surface area contributed by atoms with E-state index in [1.165, 1.54) is 18.2 Å². The van der Waals surface area contributed by atoms with Gasteiger partial charge in [-0.3, -0.25) is 19.2 Å². The normalized spacial score (nSPS) is 16.6. The van der Waals surface area contributed by atoms with E-state index >= 15 is 0 Å². The molecule has 5 N–H and O–H groups in total. The summed E-state index contributed by atoms with van der Waals surface area (Å²) >= 11 is 0. The Morgan fingerprint density at radius 3 is 2.28 bits per heavy atom. The third kappa shape index (κ3) is 7.82. The first-order valence-electron chi connectivity index (χ1n) is 11.5. The molecule has 0 aliphatic carbocycles. The van der Waals surface area contributed by atoms with Crippen molar-refractivity contribution in [3.8, 4) is 0 Å². The fraction of sp³-hybridized carbons (Fsp3) is 0.360. The quantitative estimate of drug-likeness (QED) is 0.367. The number of benzene rings is 2. The summed E-state index contributed by atoms with van der Waals surface area (Å²) in [4.78, 5) is 49.5. The number of aryl methyl sites for hydroxylation is 1. The number of nitrogens with two attached hydrogens (primary N) is 1. The predicted molar refractivity (Wildman–Crippen MR) is 124 cm³/mol. The van der Waals surface area contributed by atoms with Gasteiger partial charge in [0.25, 0.3) is 0 Å². The Hall–Kier alpha value is -3.89. The molecule has 1 heterocycles. The summed E-state index contributed by atoms with van der Waals surface area (Å²) < 4.78 is 40.5. The molecule has 1 saturated heterocycles. The molecule has 1 fully saturated rings. The highest BCUT2D eigenvalue weighted by Crippen LogP contribution is 2.17. The molecule has 0 radical (unpaired) electrons. The average Bonchev–Trinajstić information content (AvgIpc) is 3.20. The summed E-state index contributed by atoms with van der Waals surface area (Å²) in [6.45, 7) is 0.455. The lowest BCUT2D eigenvalue weighted by atomic mass is 9.97. The topological polar surface area (TPSA) is 130 Å². The maximum Gasteiger partial charge on any atom is 0.243 e. The van der Waals surface area contributed by atoms with Crippen molar-refractivity contribution in [1.82, 2.24) is 16.0 Å². The number of primary amides is 1. The van der Waals surface area contributed by atoms with Crippen LogP contribution in [0.3, 0.4) is 0 Å². The third-order valence-electron chi connectivity index (χ3n) is 5.89. The SMILES string of the molecule is NC(=O)[C@H](C[C@@H]1CCNC1=O)NC(=O)[C@H](Cc1cccc(F)c1)NC(=O)CCc1cc(F)cc(F)c1. The van der Waals surface area contributed by atoms with Crippen molar-refractivity contribution in [2.75, 3.05) is 6.54 Å². The molecule has 0 unspecified atom stereocenters. The first-order valence-corrected chi connectivity index (χ1v) is 11.5. The second-order valence-electron chi connectivity index (χ2n) is 8.71. The van der Waals surface area contributed by atoms with Crippen LogP contribution in [-0.2, 0) is 32.0 Å². The Bertz CT molecular complexity index is 1120. The van der Waals surface area contributed by atoms with Crippen molar-refractivity contribution >= 4 is 23.6 Å². The zero-order valence-electron chi connectivity index (χ0n) is 19.4. The molecule has 0 bridgehead atoms. The standard InChI is InChI=1S/C25H27F3N4O4/c26-17-3-1-2-14(8-17)11-21(31-22(33)5-4-15-9-18(27)13-19(28)10-15)25(36)32-20(23(29)34)12-16-6-7-30-24(16)35/h1-3,8-10,13,16,20-21H,4-7,11-12H2,(H2,29,34)(H,30,35)(H,31,33)(H,32,36)/t16-,20-,21-/m0/s1. The van der Waals surface area contributed by atoms with Crippen LogP contribution in [0.1, 0.15) is 30.4 Å². The fourth-order valence-corrected chi connectivity index (χ4v) is 4.06. The maximum atomic E-state index is 13.7. The molecule has 11 heteroatoms. The molecular formula is C25H27F3N4O4. The van der Waals surface area contributed by atoms with Gasteiger partial charge < -0.3 is 21.7 Å². The molecule has 3 atom stereocenters. The lowest BCUT2D eigenvalue weighted by Gasteiger charge is -2.23. The van der Waals surface area contributed by atoms with Crippen molar-refractivity contribution < 1.29 is 32.3 Å². The van der Waals surface area contributed by atoms with Gasteiger partial charge in [-0.25, -0.2) is 13.2 Å². The minimum Gasteiger partial charge on any atom is -0.368 e. The Balaban J connectivity index is 1.70. The van der Waals surface area contributed by atoms with Gasteiger partial charge in [-0.15, -0.1) is 0 Å². The first-order chi connectivity index (χ1) is 17.1. The van der Waals surface area contributed by atoms with Gasteiger partial charge in [-0.1, -0.05) is 12.1 Å². The van der Waals surface area contributed by atoms with E-state index in [1.54, 1.807) is 6.07 Å². The van der Waals surface area contributed by atoms with Crippen LogP contribution in [-0.4, -0.2) is 42.3 Å². The summed E-state index contributed by atoms with van der Waals surface area (Å²) in [6, 6.07) is 6.00. The van der Waals surface area contributed by atoms with Gasteiger partial charge in [-0.05, 0) is 54.7 Å². The van der Waals surface area contributed by atoms with Crippen LogP contribution in [0.4, 0.5) is 13.2 Å². The third-order valence-corrected chi connectivity index (χ3v) is 5.89. The summed E-state index contributed by atoms with van der Waals surface area (Å²) in [5, 5.41) is 7.68. The van der Waals surface area contributed by atoms with Crippen LogP contribution in [0.2, 0.25) is 0 Å². The molecule has 1 aliphatic rings. The first kappa shape index (κ1) is 26.7. The molecule has 0 spiro atoms. The van der Waals surface area contributed by atoms with E-state index in [4.69, 9.17) is 5.73 Å². The number of hydrogen-bond donors (Lipinski definition) is 4. The van der Waals surface area contributed by atoms with Gasteiger partial charge in [0.2, 0.25) is 23.6 Å². The average molecular weight is 505 g/mol. The zero-order valence-corrected chi connectivity index (χ0v) is 19.4. The summed E-state index contributed by atoms with van der Waals surface area (Å²) in [6.07, 6.45) is 0.216. The van der Waals surface area contributed by atoms with E-state index < -0.39 is 53.2 Å². The number of hydrogen-bond acceptors (Lipinski definition) is 4. The zero-order chi connectivity index (χ0) is 26.2. The monoisotopic (exact) mass is 504 g/mol. The Morgan fingerprint density at radius 1 is 0.972 bits per heavy atom. The summed E-state index contributed by atoms with van der Waals surface area (Å²) in [5.41, 5.74) is 6.11. The molecule has 4 amide bonds. The number of nitrogens with one attached hydrogen (secondary N) is 3. The van der Waals surface area contributed by atoms with E-state index in [0.29, 0.717) is 24.6 Å². The highest BCUT2D eigenvalue weighted by atomic mass is 19.1. The second-order valence-corrected chi connectivity index (χ2v) is 8.71. The fourth-order valence-electron chi connectivity index (χ4n) is 4.06. The molecule has 2 aromatic carbocycles. The highest BCUT2D eigenvalue weighted by molar-refractivity contribution is 5.92. The molecule has 1 aliphatic heterocycles. The number of carbonyl (C=O) groups excluding carboxylic acids is 4. The van der Waals surface area contributed by atoms with Crippen LogP contribution >= 0.6 is 0 Å². The van der Waals surface area contributed by atoms with Crippen molar-refractivity contribution in [2.24, 2.45) is 11.7 Å². The minimum atomic E-state index is -1.21. The molecule has 8 nitrogen and oxygen atoms in total. The van der Waals surface area contributed by atoms with Crippen molar-refractivity contribution in [3.63, 3.8) is 0 Å². The number of halogens is 3. The number of carbonyl (C=O) groups is 4. The largest absolute Gasteiger partial charge is 0.368 e. The predicted octanol–water partition coefficient (Wildman–Crippen LogP) is 1.26. The van der Waals surface area contributed by atoms with Gasteiger partial charge in [0.15, 0.2) is 0 Å². The van der Waals surface area contributed by atoms with E-state index in [2.05, 4.69) is 16.0 Å². The molecule has 0 saturated carbocycles. The molecule has 36 heavy (non-hydrogen) atoms. The van der Waals surface area contributed by atoms with Crippen LogP contribution in [0.25, 0.3) is 0 Å². The van der Waals surface area contributed by atoms with Crippen molar-refractivity contribution in [2.45, 2.75) is 44.2 Å². The van der Waals surface area contributed by atoms with E-state index in [1.807, 2.05) is 0 Å². The van der Waals surface area contributed by atoms with Gasteiger partial charge in [-0.2, -0.15) is 0 Å². The van der Waals surface area contributed by atoms with Gasteiger partial charge in [0.05, 0.1) is 0 Å². The van der Waals surface area contributed by atoms with Gasteiger partial charge in [0.1, 0.15) is 29.5 Å². The molecular weight excluding hydrogens is 477 g/mol. The lowest BCUT2D eigenvalue weighted by Crippen LogP contribution is -2.54. The van der Waals surface area contributed by atoms with E-state index in [9.17, 15) is 32.3 Å². The van der Waals surface area contributed by atoms with E-state index in [-0.39, 0.29) is 37.2 Å². The smallest absolute Gasteiger partial charge is 0.243 e. The second kappa shape index (κ2) is 12.2. The Labute approximate surface area is 205 Å². The van der Waals surface area contributed by atoms with Crippen LogP contribution in [0.15, 0.2) is 42.5 Å². The minimum absolute atomic E-state index is 0.00132. The number of amides is 4. The summed E-state index contributed by atoms with van der Waals surface area (Å²) in [7, 11) is 0. The van der Waals surface area contributed by atoms with Crippen LogP contribution in [0, 0.1) is 23.4 Å². The maximum absolute atomic E-state index is 13.7. The Kier molecular flexibility index (Phi) is 9.04. The van der Waals surface area contributed by atoms with Crippen LogP contribution < -0.4 is 21.7 Å². The summed E-state index contributed by atoms with van der Waals surface area (Å²) in [5.74, 6) is -5.00. The molecule has 3 rings (SSSR count). The highest BCUT2D eigenvalue weighted by Gasteiger charge is 2.32.